The molecule has 0 atom stereocenters. The van der Waals surface area contributed by atoms with E-state index in [4.69, 9.17) is 0 Å². The summed E-state index contributed by atoms with van der Waals surface area (Å²) >= 11 is 7.58. The highest BCUT2D eigenvalue weighted by molar-refractivity contribution is 9.10. The molecule has 1 nitrogen and oxygen atoms in total. The molecule has 0 aliphatic rings. The highest BCUT2D eigenvalue weighted by Crippen LogP contribution is 2.23. The molecule has 2 aromatic rings. The van der Waals surface area contributed by atoms with Crippen molar-refractivity contribution in [1.82, 2.24) is 4.98 Å². The van der Waals surface area contributed by atoms with E-state index < -0.39 is 0 Å². The number of aromatic nitrogens is 1. The average molecular weight is 268 g/mol. The minimum absolute atomic E-state index is 0.767. The second-order valence-corrected chi connectivity index (χ2v) is 4.30. The lowest BCUT2D eigenvalue weighted by atomic mass is 10.2. The van der Waals surface area contributed by atoms with Gasteiger partial charge >= 0.3 is 0 Å². The third-order valence-electron chi connectivity index (χ3n) is 2.08. The zero-order chi connectivity index (χ0) is 9.97. The highest BCUT2D eigenvalue weighted by atomic mass is 79.9. The molecule has 0 bridgehead atoms. The number of rotatable bonds is 2. The van der Waals surface area contributed by atoms with Gasteiger partial charge in [-0.2, -0.15) is 12.6 Å². The zero-order valence-electron chi connectivity index (χ0n) is 7.50. The number of fused-ring (bicyclic) bond motifs is 1. The molecule has 14 heavy (non-hydrogen) atoms. The van der Waals surface area contributed by atoms with E-state index in [0.29, 0.717) is 0 Å². The van der Waals surface area contributed by atoms with Crippen molar-refractivity contribution in [3.05, 3.63) is 40.5 Å². The minimum Gasteiger partial charge on any atom is -0.361 e. The molecule has 0 fully saturated rings. The first-order valence-corrected chi connectivity index (χ1v) is 5.78. The molecular weight excluding hydrogens is 258 g/mol. The molecule has 0 saturated carbocycles. The van der Waals surface area contributed by atoms with Crippen LogP contribution in [0, 0.1) is 0 Å². The lowest BCUT2D eigenvalue weighted by Crippen LogP contribution is -1.70. The summed E-state index contributed by atoms with van der Waals surface area (Å²) in [6.45, 7) is 0. The molecule has 0 saturated heterocycles. The van der Waals surface area contributed by atoms with E-state index in [9.17, 15) is 0 Å². The van der Waals surface area contributed by atoms with Crippen LogP contribution in [0.15, 0.2) is 34.9 Å². The minimum atomic E-state index is 0.767. The van der Waals surface area contributed by atoms with E-state index in [1.165, 1.54) is 10.9 Å². The van der Waals surface area contributed by atoms with Crippen LogP contribution in [0.25, 0.3) is 17.0 Å². The number of benzene rings is 1. The van der Waals surface area contributed by atoms with Gasteiger partial charge in [0.25, 0.3) is 0 Å². The SMILES string of the molecule is SCC=Cc1c[nH]c2cc(Br)ccc12. The number of nitrogens with one attached hydrogen (secondary N) is 1. The Morgan fingerprint density at radius 2 is 2.29 bits per heavy atom. The van der Waals surface area contributed by atoms with Gasteiger partial charge in [0.2, 0.25) is 0 Å². The molecule has 1 N–H and O–H groups in total. The van der Waals surface area contributed by atoms with Crippen LogP contribution in [-0.4, -0.2) is 10.7 Å². The maximum absolute atomic E-state index is 4.14. The van der Waals surface area contributed by atoms with Crippen molar-refractivity contribution < 1.29 is 0 Å². The molecule has 0 aliphatic heterocycles. The highest BCUT2D eigenvalue weighted by Gasteiger charge is 2.00. The van der Waals surface area contributed by atoms with E-state index in [1.807, 2.05) is 18.3 Å². The molecule has 1 aromatic heterocycles. The molecule has 2 rings (SSSR count). The summed E-state index contributed by atoms with van der Waals surface area (Å²) in [6.07, 6.45) is 6.13. The van der Waals surface area contributed by atoms with E-state index in [-0.39, 0.29) is 0 Å². The topological polar surface area (TPSA) is 15.8 Å². The largest absolute Gasteiger partial charge is 0.361 e. The molecule has 1 aromatic carbocycles. The van der Waals surface area contributed by atoms with Gasteiger partial charge in [-0.15, -0.1) is 0 Å². The number of H-pyrrole nitrogens is 1. The summed E-state index contributed by atoms with van der Waals surface area (Å²) < 4.78 is 1.09. The van der Waals surface area contributed by atoms with Crippen molar-refractivity contribution >= 4 is 45.5 Å². The summed E-state index contributed by atoms with van der Waals surface area (Å²) in [5.41, 5.74) is 2.36. The quantitative estimate of drug-likeness (QED) is 0.769. The van der Waals surface area contributed by atoms with Crippen molar-refractivity contribution in [2.45, 2.75) is 0 Å². The van der Waals surface area contributed by atoms with Crippen LogP contribution in [0.3, 0.4) is 0 Å². The van der Waals surface area contributed by atoms with E-state index >= 15 is 0 Å². The molecule has 0 radical (unpaired) electrons. The van der Waals surface area contributed by atoms with Gasteiger partial charge in [-0.25, -0.2) is 0 Å². The number of aromatic amines is 1. The summed E-state index contributed by atoms with van der Waals surface area (Å²) in [7, 11) is 0. The fourth-order valence-corrected chi connectivity index (χ4v) is 1.90. The lowest BCUT2D eigenvalue weighted by Gasteiger charge is -1.92. The Bertz CT molecular complexity index is 473. The first-order valence-electron chi connectivity index (χ1n) is 4.35. The Morgan fingerprint density at radius 1 is 1.43 bits per heavy atom. The van der Waals surface area contributed by atoms with Gasteiger partial charge in [0.15, 0.2) is 0 Å². The van der Waals surface area contributed by atoms with Crippen LogP contribution in [0.1, 0.15) is 5.56 Å². The maximum atomic E-state index is 4.14. The van der Waals surface area contributed by atoms with Crippen LogP contribution in [-0.2, 0) is 0 Å². The Labute approximate surface area is 96.8 Å². The molecule has 1 heterocycles. The summed E-state index contributed by atoms with van der Waals surface area (Å²) in [4.78, 5) is 3.23. The van der Waals surface area contributed by atoms with Gasteiger partial charge in [0, 0.05) is 27.3 Å². The smallest absolute Gasteiger partial charge is 0.0471 e. The van der Waals surface area contributed by atoms with Crippen molar-refractivity contribution in [3.63, 3.8) is 0 Å². The molecule has 0 amide bonds. The van der Waals surface area contributed by atoms with Crippen LogP contribution in [0.4, 0.5) is 0 Å². The van der Waals surface area contributed by atoms with Gasteiger partial charge in [-0.1, -0.05) is 34.1 Å². The lowest BCUT2D eigenvalue weighted by molar-refractivity contribution is 1.47. The second kappa shape index (κ2) is 4.24. The maximum Gasteiger partial charge on any atom is 0.0471 e. The Hall–Kier alpha value is -0.670. The van der Waals surface area contributed by atoms with E-state index in [1.54, 1.807) is 0 Å². The number of hydrogen-bond donors (Lipinski definition) is 2. The number of halogens is 1. The standard InChI is InChI=1S/C11H10BrNS/c12-9-3-4-10-8(2-1-5-14)7-13-11(10)6-9/h1-4,6-7,13-14H,5H2. The first kappa shape index (κ1) is 9.87. The van der Waals surface area contributed by atoms with Gasteiger partial charge in [0.1, 0.15) is 0 Å². The van der Waals surface area contributed by atoms with E-state index in [2.05, 4.69) is 51.8 Å². The van der Waals surface area contributed by atoms with Gasteiger partial charge in [-0.05, 0) is 17.7 Å². The first-order chi connectivity index (χ1) is 6.81. The molecule has 3 heteroatoms. The summed E-state index contributed by atoms with van der Waals surface area (Å²) in [5, 5.41) is 1.24. The zero-order valence-corrected chi connectivity index (χ0v) is 9.98. The number of hydrogen-bond acceptors (Lipinski definition) is 1. The van der Waals surface area contributed by atoms with Crippen LogP contribution >= 0.6 is 28.6 Å². The van der Waals surface area contributed by atoms with Crippen molar-refractivity contribution in [1.29, 1.82) is 0 Å². The van der Waals surface area contributed by atoms with Crippen molar-refractivity contribution in [3.8, 4) is 0 Å². The molecule has 72 valence electrons. The molecule has 0 spiro atoms. The predicted molar refractivity (Wildman–Crippen MR) is 68.9 cm³/mol. The Morgan fingerprint density at radius 3 is 3.07 bits per heavy atom. The average Bonchev–Trinajstić information content (AvgIpc) is 2.57. The van der Waals surface area contributed by atoms with Gasteiger partial charge < -0.3 is 4.98 Å². The molecular formula is C11H10BrNS. The van der Waals surface area contributed by atoms with Gasteiger partial charge in [0.05, 0.1) is 0 Å². The van der Waals surface area contributed by atoms with Gasteiger partial charge in [-0.3, -0.25) is 0 Å². The van der Waals surface area contributed by atoms with E-state index in [0.717, 1.165) is 15.7 Å². The monoisotopic (exact) mass is 267 g/mol. The van der Waals surface area contributed by atoms with Crippen molar-refractivity contribution in [2.75, 3.05) is 5.75 Å². The Balaban J connectivity index is 2.53. The fraction of sp³-hybridized carbons (Fsp3) is 0.0909. The van der Waals surface area contributed by atoms with Crippen LogP contribution < -0.4 is 0 Å². The molecule has 0 unspecified atom stereocenters. The summed E-state index contributed by atoms with van der Waals surface area (Å²) in [6, 6.07) is 6.23. The third kappa shape index (κ3) is 1.88. The van der Waals surface area contributed by atoms with Crippen LogP contribution in [0.2, 0.25) is 0 Å². The second-order valence-electron chi connectivity index (χ2n) is 3.02. The summed E-state index contributed by atoms with van der Waals surface area (Å²) in [5.74, 6) is 0.767. The predicted octanol–water partition coefficient (Wildman–Crippen LogP) is 3.87. The van der Waals surface area contributed by atoms with Crippen LogP contribution in [0.5, 0.6) is 0 Å². The fourth-order valence-electron chi connectivity index (χ4n) is 1.44. The number of thiol groups is 1. The van der Waals surface area contributed by atoms with Crippen molar-refractivity contribution in [2.24, 2.45) is 0 Å². The third-order valence-corrected chi connectivity index (χ3v) is 2.78. The Kier molecular flexibility index (Phi) is 2.99. The molecule has 0 aliphatic carbocycles. The normalized spacial score (nSPS) is 11.6.